The van der Waals surface area contributed by atoms with Crippen LogP contribution in [0.5, 0.6) is 0 Å². The lowest BCUT2D eigenvalue weighted by molar-refractivity contribution is -0.116. The first-order valence-electron chi connectivity index (χ1n) is 8.42. The zero-order valence-electron chi connectivity index (χ0n) is 15.0. The van der Waals surface area contributed by atoms with Crippen molar-refractivity contribution >= 4 is 50.0 Å². The number of benzene rings is 1. The van der Waals surface area contributed by atoms with E-state index in [0.29, 0.717) is 22.5 Å². The van der Waals surface area contributed by atoms with Gasteiger partial charge in [-0.3, -0.25) is 4.79 Å². The molecule has 4 rings (SSSR count). The zero-order valence-corrected chi connectivity index (χ0v) is 15.8. The van der Waals surface area contributed by atoms with Gasteiger partial charge in [0.05, 0.1) is 16.4 Å². The number of amides is 1. The Bertz CT molecular complexity index is 1220. The van der Waals surface area contributed by atoms with Crippen molar-refractivity contribution in [2.24, 2.45) is 0 Å². The lowest BCUT2D eigenvalue weighted by Crippen LogP contribution is -2.32. The fraction of sp³-hybridized carbons (Fsp3) is 0.222. The molecule has 138 valence electrons. The molecule has 8 nitrogen and oxygen atoms in total. The van der Waals surface area contributed by atoms with Crippen molar-refractivity contribution in [2.45, 2.75) is 26.8 Å². The molecular weight excluding hydrogens is 364 g/mol. The van der Waals surface area contributed by atoms with Crippen LogP contribution in [-0.4, -0.2) is 31.9 Å². The number of anilines is 2. The van der Waals surface area contributed by atoms with Gasteiger partial charge in [0.25, 0.3) is 0 Å². The van der Waals surface area contributed by atoms with E-state index >= 15 is 0 Å². The van der Waals surface area contributed by atoms with Crippen LogP contribution in [0.1, 0.15) is 17.4 Å². The van der Waals surface area contributed by atoms with Gasteiger partial charge >= 0.3 is 5.69 Å². The molecule has 0 saturated heterocycles. The van der Waals surface area contributed by atoms with E-state index in [2.05, 4.69) is 30.6 Å². The zero-order chi connectivity index (χ0) is 19.1. The number of aromatic amines is 2. The maximum Gasteiger partial charge on any atom is 0.323 e. The topological polar surface area (TPSA) is 116 Å². The van der Waals surface area contributed by atoms with Crippen LogP contribution in [-0.2, 0) is 4.79 Å². The number of imidazole rings is 1. The van der Waals surface area contributed by atoms with E-state index in [0.717, 1.165) is 15.8 Å². The van der Waals surface area contributed by atoms with E-state index in [1.54, 1.807) is 36.5 Å². The highest BCUT2D eigenvalue weighted by Crippen LogP contribution is 2.32. The molecule has 0 aliphatic heterocycles. The molecule has 0 unspecified atom stereocenters. The average molecular weight is 382 g/mol. The maximum atomic E-state index is 12.6. The molecule has 0 aliphatic rings. The van der Waals surface area contributed by atoms with Crippen LogP contribution in [0.3, 0.4) is 0 Å². The lowest BCUT2D eigenvalue weighted by atomic mass is 10.2. The van der Waals surface area contributed by atoms with Crippen molar-refractivity contribution in [3.63, 3.8) is 0 Å². The van der Waals surface area contributed by atoms with Gasteiger partial charge in [0.2, 0.25) is 5.91 Å². The second-order valence-corrected chi connectivity index (χ2v) is 7.58. The molecule has 0 spiro atoms. The minimum absolute atomic E-state index is 0.205. The molecular formula is C18H18N6O2S. The van der Waals surface area contributed by atoms with Gasteiger partial charge in [-0.15, -0.1) is 11.3 Å². The lowest BCUT2D eigenvalue weighted by Gasteiger charge is -2.15. The van der Waals surface area contributed by atoms with E-state index < -0.39 is 6.04 Å². The van der Waals surface area contributed by atoms with E-state index in [1.165, 1.54) is 11.2 Å². The number of aromatic nitrogens is 4. The number of aryl methyl sites for hydroxylation is 2. The summed E-state index contributed by atoms with van der Waals surface area (Å²) in [7, 11) is 0. The molecule has 0 aliphatic carbocycles. The first kappa shape index (κ1) is 17.2. The number of rotatable bonds is 4. The summed E-state index contributed by atoms with van der Waals surface area (Å²) in [5.41, 5.74) is 2.77. The van der Waals surface area contributed by atoms with Gasteiger partial charge in [0.15, 0.2) is 0 Å². The maximum absolute atomic E-state index is 12.6. The number of fused-ring (bicyclic) bond motifs is 2. The van der Waals surface area contributed by atoms with E-state index in [1.807, 2.05) is 13.8 Å². The molecule has 27 heavy (non-hydrogen) atoms. The Kier molecular flexibility index (Phi) is 4.15. The van der Waals surface area contributed by atoms with Crippen LogP contribution in [0.2, 0.25) is 0 Å². The van der Waals surface area contributed by atoms with Gasteiger partial charge in [0.1, 0.15) is 23.0 Å². The van der Waals surface area contributed by atoms with Crippen molar-refractivity contribution in [3.05, 3.63) is 45.5 Å². The molecule has 3 heterocycles. The molecule has 0 fully saturated rings. The molecule has 1 atom stereocenters. The Morgan fingerprint density at radius 2 is 1.96 bits per heavy atom. The van der Waals surface area contributed by atoms with Crippen LogP contribution in [0.25, 0.3) is 21.3 Å². The van der Waals surface area contributed by atoms with Crippen LogP contribution < -0.4 is 16.3 Å². The number of carbonyl (C=O) groups is 1. The van der Waals surface area contributed by atoms with Crippen LogP contribution in [0.15, 0.2) is 29.3 Å². The first-order chi connectivity index (χ1) is 12.9. The van der Waals surface area contributed by atoms with Gasteiger partial charge < -0.3 is 20.6 Å². The molecule has 1 amide bonds. The third kappa shape index (κ3) is 3.17. The van der Waals surface area contributed by atoms with Crippen molar-refractivity contribution in [1.29, 1.82) is 0 Å². The second kappa shape index (κ2) is 6.51. The SMILES string of the molecule is Cc1sc2ncnc(N[C@H](C)C(=O)Nc3ccc4[nH]c(=O)[nH]c4c3)c2c1C. The third-order valence-electron chi connectivity index (χ3n) is 4.50. The van der Waals surface area contributed by atoms with Crippen LogP contribution in [0, 0.1) is 13.8 Å². The number of thiophene rings is 1. The quantitative estimate of drug-likeness (QED) is 0.433. The van der Waals surface area contributed by atoms with Gasteiger partial charge in [-0.2, -0.15) is 0 Å². The van der Waals surface area contributed by atoms with E-state index in [4.69, 9.17) is 0 Å². The highest BCUT2D eigenvalue weighted by atomic mass is 32.1. The van der Waals surface area contributed by atoms with Crippen molar-refractivity contribution in [2.75, 3.05) is 10.6 Å². The fourth-order valence-electron chi connectivity index (χ4n) is 2.92. The Morgan fingerprint density at radius 1 is 1.19 bits per heavy atom. The number of H-pyrrole nitrogens is 2. The smallest absolute Gasteiger partial charge is 0.323 e. The Hall–Kier alpha value is -3.20. The minimum Gasteiger partial charge on any atom is -0.358 e. The molecule has 0 radical (unpaired) electrons. The molecule has 3 aromatic heterocycles. The van der Waals surface area contributed by atoms with Crippen LogP contribution in [0.4, 0.5) is 11.5 Å². The monoisotopic (exact) mass is 382 g/mol. The summed E-state index contributed by atoms with van der Waals surface area (Å²) < 4.78 is 0. The van der Waals surface area contributed by atoms with Gasteiger partial charge in [-0.1, -0.05) is 0 Å². The molecule has 1 aromatic carbocycles. The first-order valence-corrected chi connectivity index (χ1v) is 9.24. The minimum atomic E-state index is -0.510. The largest absolute Gasteiger partial charge is 0.358 e. The summed E-state index contributed by atoms with van der Waals surface area (Å²) >= 11 is 1.61. The van der Waals surface area contributed by atoms with Gasteiger partial charge in [-0.05, 0) is 44.5 Å². The fourth-order valence-corrected chi connectivity index (χ4v) is 3.92. The number of hydrogen-bond acceptors (Lipinski definition) is 6. The molecule has 9 heteroatoms. The van der Waals surface area contributed by atoms with E-state index in [-0.39, 0.29) is 11.6 Å². The van der Waals surface area contributed by atoms with Crippen LogP contribution >= 0.6 is 11.3 Å². The number of carbonyl (C=O) groups excluding carboxylic acids is 1. The summed E-state index contributed by atoms with van der Waals surface area (Å²) in [5, 5.41) is 6.98. The average Bonchev–Trinajstić information content (AvgIpc) is 3.14. The molecule has 4 aromatic rings. The third-order valence-corrected chi connectivity index (χ3v) is 5.61. The Balaban J connectivity index is 1.54. The highest BCUT2D eigenvalue weighted by Gasteiger charge is 2.18. The van der Waals surface area contributed by atoms with Gasteiger partial charge in [0, 0.05) is 10.6 Å². The summed E-state index contributed by atoms with van der Waals surface area (Å²) in [6.07, 6.45) is 1.50. The predicted octanol–water partition coefficient (Wildman–Crippen LogP) is 2.92. The Labute approximate surface area is 158 Å². The molecule has 4 N–H and O–H groups in total. The van der Waals surface area contributed by atoms with Crippen molar-refractivity contribution in [1.82, 2.24) is 19.9 Å². The standard InChI is InChI=1S/C18H18N6O2S/c1-8-10(3)27-17-14(8)15(19-7-20-17)21-9(2)16(25)22-11-4-5-12-13(6-11)24-18(26)23-12/h4-7,9H,1-3H3,(H,22,25)(H,19,20,21)(H2,23,24,26)/t9-/m1/s1. The highest BCUT2D eigenvalue weighted by molar-refractivity contribution is 7.18. The Morgan fingerprint density at radius 3 is 2.78 bits per heavy atom. The predicted molar refractivity (Wildman–Crippen MR) is 108 cm³/mol. The summed E-state index contributed by atoms with van der Waals surface area (Å²) in [4.78, 5) is 40.0. The van der Waals surface area contributed by atoms with E-state index in [9.17, 15) is 9.59 Å². The summed E-state index contributed by atoms with van der Waals surface area (Å²) in [6.45, 7) is 5.85. The summed E-state index contributed by atoms with van der Waals surface area (Å²) in [6, 6.07) is 4.69. The second-order valence-electron chi connectivity index (χ2n) is 6.38. The normalized spacial score (nSPS) is 12.4. The number of nitrogens with zero attached hydrogens (tertiary/aromatic N) is 2. The number of hydrogen-bond donors (Lipinski definition) is 4. The van der Waals surface area contributed by atoms with Gasteiger partial charge in [-0.25, -0.2) is 14.8 Å². The molecule has 0 bridgehead atoms. The number of nitrogens with one attached hydrogen (secondary N) is 4. The summed E-state index contributed by atoms with van der Waals surface area (Å²) in [5.74, 6) is 0.443. The van der Waals surface area contributed by atoms with Crippen molar-refractivity contribution in [3.8, 4) is 0 Å². The van der Waals surface area contributed by atoms with Crippen molar-refractivity contribution < 1.29 is 4.79 Å². The molecule has 0 saturated carbocycles.